The van der Waals surface area contributed by atoms with Gasteiger partial charge in [0.15, 0.2) is 0 Å². The number of para-hydroxylation sites is 1. The maximum absolute atomic E-state index is 13.4. The standard InChI is InChI=1S/C23H25FN2O4/c1-29-22-17-9-4-5-10-19(17)30-14-18(22)25-23(28)21-16-8-3-2-7-15(16)13-20(27)26(21)12-6-11-24/h2-5,7-10,18,21-22H,6,11-14H2,1H3,(H,25,28)/t18?,21-,22?/m0/s1. The Bertz CT molecular complexity index is 935. The van der Waals surface area contributed by atoms with E-state index in [1.54, 1.807) is 7.11 Å². The van der Waals surface area contributed by atoms with Gasteiger partial charge in [0.05, 0.1) is 19.1 Å². The van der Waals surface area contributed by atoms with Crippen LogP contribution >= 0.6 is 0 Å². The van der Waals surface area contributed by atoms with Crippen LogP contribution in [0.2, 0.25) is 0 Å². The van der Waals surface area contributed by atoms with Crippen LogP contribution in [-0.2, 0) is 20.7 Å². The van der Waals surface area contributed by atoms with E-state index in [1.165, 1.54) is 4.90 Å². The van der Waals surface area contributed by atoms with Gasteiger partial charge < -0.3 is 19.7 Å². The number of methoxy groups -OCH3 is 1. The Labute approximate surface area is 175 Å². The van der Waals surface area contributed by atoms with E-state index < -0.39 is 18.8 Å². The van der Waals surface area contributed by atoms with Gasteiger partial charge in [-0.1, -0.05) is 42.5 Å². The molecule has 0 spiro atoms. The fraction of sp³-hybridized carbons (Fsp3) is 0.391. The van der Waals surface area contributed by atoms with Crippen LogP contribution in [-0.4, -0.2) is 49.7 Å². The fourth-order valence-electron chi connectivity index (χ4n) is 4.31. The lowest BCUT2D eigenvalue weighted by Crippen LogP contribution is -2.53. The molecule has 0 saturated heterocycles. The smallest absolute Gasteiger partial charge is 0.247 e. The van der Waals surface area contributed by atoms with Crippen molar-refractivity contribution in [3.63, 3.8) is 0 Å². The maximum atomic E-state index is 13.4. The fourth-order valence-corrected chi connectivity index (χ4v) is 4.31. The summed E-state index contributed by atoms with van der Waals surface area (Å²) >= 11 is 0. The van der Waals surface area contributed by atoms with Gasteiger partial charge in [0.1, 0.15) is 24.5 Å². The summed E-state index contributed by atoms with van der Waals surface area (Å²) in [6.07, 6.45) is 0.0400. The monoisotopic (exact) mass is 412 g/mol. The predicted molar refractivity (Wildman–Crippen MR) is 109 cm³/mol. The summed E-state index contributed by atoms with van der Waals surface area (Å²) in [6, 6.07) is 13.8. The number of ether oxygens (including phenoxy) is 2. The average Bonchev–Trinajstić information content (AvgIpc) is 2.77. The van der Waals surface area contributed by atoms with Crippen molar-refractivity contribution in [1.29, 1.82) is 0 Å². The Hall–Kier alpha value is -2.93. The molecule has 7 heteroatoms. The van der Waals surface area contributed by atoms with Crippen LogP contribution in [0.4, 0.5) is 4.39 Å². The molecule has 1 N–H and O–H groups in total. The number of benzene rings is 2. The van der Waals surface area contributed by atoms with Crippen LogP contribution < -0.4 is 10.1 Å². The highest BCUT2D eigenvalue weighted by Crippen LogP contribution is 2.35. The first-order valence-electron chi connectivity index (χ1n) is 10.1. The van der Waals surface area contributed by atoms with Gasteiger partial charge in [0, 0.05) is 19.2 Å². The van der Waals surface area contributed by atoms with E-state index in [2.05, 4.69) is 5.32 Å². The molecule has 0 bridgehead atoms. The Morgan fingerprint density at radius 3 is 2.70 bits per heavy atom. The summed E-state index contributed by atoms with van der Waals surface area (Å²) < 4.78 is 24.3. The Balaban J connectivity index is 1.61. The molecular formula is C23H25FN2O4. The molecule has 2 aromatic carbocycles. The second-order valence-corrected chi connectivity index (χ2v) is 7.53. The lowest BCUT2D eigenvalue weighted by atomic mass is 9.90. The number of amides is 2. The number of fused-ring (bicyclic) bond motifs is 2. The number of halogens is 1. The van der Waals surface area contributed by atoms with Gasteiger partial charge in [-0.25, -0.2) is 0 Å². The molecule has 30 heavy (non-hydrogen) atoms. The third-order valence-corrected chi connectivity index (χ3v) is 5.70. The SMILES string of the molecule is COC1c2ccccc2OCC1NC(=O)[C@@H]1c2ccccc2CC(=O)N1CCCF. The van der Waals surface area contributed by atoms with Crippen molar-refractivity contribution in [3.8, 4) is 5.75 Å². The Morgan fingerprint density at radius 1 is 1.20 bits per heavy atom. The minimum Gasteiger partial charge on any atom is -0.491 e. The van der Waals surface area contributed by atoms with E-state index >= 15 is 0 Å². The van der Waals surface area contributed by atoms with Crippen molar-refractivity contribution in [2.24, 2.45) is 0 Å². The molecule has 0 saturated carbocycles. The molecule has 2 unspecified atom stereocenters. The molecule has 2 amide bonds. The number of nitrogens with zero attached hydrogens (tertiary/aromatic N) is 1. The lowest BCUT2D eigenvalue weighted by molar-refractivity contribution is -0.142. The quantitative estimate of drug-likeness (QED) is 0.792. The Morgan fingerprint density at radius 2 is 1.93 bits per heavy atom. The highest BCUT2D eigenvalue weighted by molar-refractivity contribution is 5.92. The van der Waals surface area contributed by atoms with Gasteiger partial charge in [0.2, 0.25) is 11.8 Å². The molecule has 158 valence electrons. The third kappa shape index (κ3) is 3.77. The number of hydrogen-bond donors (Lipinski definition) is 1. The molecular weight excluding hydrogens is 387 g/mol. The molecule has 2 aliphatic heterocycles. The molecule has 0 aromatic heterocycles. The summed E-state index contributed by atoms with van der Waals surface area (Å²) in [6.45, 7) is -0.0910. The van der Waals surface area contributed by atoms with Crippen LogP contribution in [0.5, 0.6) is 5.75 Å². The normalized spacial score (nSPS) is 22.7. The summed E-state index contributed by atoms with van der Waals surface area (Å²) in [5, 5.41) is 3.02. The van der Waals surface area contributed by atoms with Crippen molar-refractivity contribution in [2.45, 2.75) is 31.0 Å². The van der Waals surface area contributed by atoms with E-state index in [0.717, 1.165) is 22.4 Å². The van der Waals surface area contributed by atoms with Crippen molar-refractivity contribution in [2.75, 3.05) is 26.9 Å². The molecule has 2 aromatic rings. The first-order valence-corrected chi connectivity index (χ1v) is 10.1. The molecule has 0 aliphatic carbocycles. The second-order valence-electron chi connectivity index (χ2n) is 7.53. The number of hydrogen-bond acceptors (Lipinski definition) is 4. The zero-order valence-electron chi connectivity index (χ0n) is 16.8. The van der Waals surface area contributed by atoms with Crippen LogP contribution in [0.1, 0.15) is 35.3 Å². The van der Waals surface area contributed by atoms with Gasteiger partial charge in [-0.15, -0.1) is 0 Å². The average molecular weight is 412 g/mol. The van der Waals surface area contributed by atoms with E-state index in [1.807, 2.05) is 48.5 Å². The van der Waals surface area contributed by atoms with Gasteiger partial charge in [-0.05, 0) is 23.6 Å². The summed E-state index contributed by atoms with van der Waals surface area (Å²) in [4.78, 5) is 27.6. The number of carbonyl (C=O) groups excluding carboxylic acids is 2. The van der Waals surface area contributed by atoms with E-state index in [4.69, 9.17) is 9.47 Å². The number of carbonyl (C=O) groups is 2. The van der Waals surface area contributed by atoms with E-state index in [0.29, 0.717) is 0 Å². The van der Waals surface area contributed by atoms with Crippen LogP contribution in [0.3, 0.4) is 0 Å². The van der Waals surface area contributed by atoms with E-state index in [9.17, 15) is 14.0 Å². The van der Waals surface area contributed by atoms with Crippen molar-refractivity contribution >= 4 is 11.8 Å². The molecule has 4 rings (SSSR count). The zero-order chi connectivity index (χ0) is 21.1. The van der Waals surface area contributed by atoms with Gasteiger partial charge in [0.25, 0.3) is 0 Å². The van der Waals surface area contributed by atoms with Crippen LogP contribution in [0, 0.1) is 0 Å². The number of rotatable bonds is 6. The second kappa shape index (κ2) is 8.83. The minimum absolute atomic E-state index is 0.171. The summed E-state index contributed by atoms with van der Waals surface area (Å²) in [5.74, 6) is 0.248. The van der Waals surface area contributed by atoms with Crippen molar-refractivity contribution in [1.82, 2.24) is 10.2 Å². The van der Waals surface area contributed by atoms with Gasteiger partial charge in [-0.2, -0.15) is 0 Å². The molecule has 2 aliphatic rings. The van der Waals surface area contributed by atoms with Crippen molar-refractivity contribution < 1.29 is 23.5 Å². The number of alkyl halides is 1. The van der Waals surface area contributed by atoms with E-state index in [-0.39, 0.29) is 43.9 Å². The Kier molecular flexibility index (Phi) is 5.99. The molecule has 6 nitrogen and oxygen atoms in total. The van der Waals surface area contributed by atoms with Crippen LogP contribution in [0.15, 0.2) is 48.5 Å². The first-order chi connectivity index (χ1) is 14.6. The zero-order valence-corrected chi connectivity index (χ0v) is 16.8. The topological polar surface area (TPSA) is 67.9 Å². The van der Waals surface area contributed by atoms with Crippen molar-refractivity contribution in [3.05, 3.63) is 65.2 Å². The van der Waals surface area contributed by atoms with Crippen LogP contribution in [0.25, 0.3) is 0 Å². The molecule has 2 heterocycles. The molecule has 3 atom stereocenters. The summed E-state index contributed by atoms with van der Waals surface area (Å²) in [7, 11) is 1.60. The largest absolute Gasteiger partial charge is 0.491 e. The maximum Gasteiger partial charge on any atom is 0.247 e. The molecule has 0 fully saturated rings. The number of nitrogens with one attached hydrogen (secondary N) is 1. The predicted octanol–water partition coefficient (Wildman–Crippen LogP) is 2.74. The minimum atomic E-state index is -0.802. The third-order valence-electron chi connectivity index (χ3n) is 5.70. The van der Waals surface area contributed by atoms with Gasteiger partial charge in [-0.3, -0.25) is 14.0 Å². The summed E-state index contributed by atoms with van der Waals surface area (Å²) in [5.41, 5.74) is 2.47. The highest BCUT2D eigenvalue weighted by atomic mass is 19.1. The highest BCUT2D eigenvalue weighted by Gasteiger charge is 2.39. The molecule has 0 radical (unpaired) electrons. The van der Waals surface area contributed by atoms with Gasteiger partial charge >= 0.3 is 0 Å². The lowest BCUT2D eigenvalue weighted by Gasteiger charge is -2.38. The first kappa shape index (κ1) is 20.3.